The van der Waals surface area contributed by atoms with Gasteiger partial charge >= 0.3 is 12.0 Å². The van der Waals surface area contributed by atoms with Crippen LogP contribution in [-0.4, -0.2) is 23.1 Å². The summed E-state index contributed by atoms with van der Waals surface area (Å²) in [5, 5.41) is 14.5. The first-order valence-corrected chi connectivity index (χ1v) is 5.98. The van der Waals surface area contributed by atoms with Gasteiger partial charge in [0.15, 0.2) is 0 Å². The van der Waals surface area contributed by atoms with Crippen LogP contribution in [0.1, 0.15) is 35.2 Å². The number of anilines is 1. The number of hydrogen-bond acceptors (Lipinski definition) is 2. The number of carbonyl (C=O) groups excluding carboxylic acids is 1. The van der Waals surface area contributed by atoms with E-state index in [-0.39, 0.29) is 17.6 Å². The lowest BCUT2D eigenvalue weighted by Crippen LogP contribution is -2.41. The topological polar surface area (TPSA) is 78.4 Å². The van der Waals surface area contributed by atoms with Crippen LogP contribution in [-0.2, 0) is 0 Å². The monoisotopic (exact) mass is 248 g/mol. The van der Waals surface area contributed by atoms with E-state index in [4.69, 9.17) is 5.11 Å². The molecule has 2 rings (SSSR count). The van der Waals surface area contributed by atoms with Crippen molar-refractivity contribution < 1.29 is 14.7 Å². The molecule has 1 aliphatic rings. The number of rotatable bonds is 3. The van der Waals surface area contributed by atoms with E-state index < -0.39 is 5.97 Å². The number of urea groups is 1. The van der Waals surface area contributed by atoms with Gasteiger partial charge in [-0.1, -0.05) is 6.07 Å². The molecule has 0 unspecified atom stereocenters. The molecule has 3 N–H and O–H groups in total. The summed E-state index contributed by atoms with van der Waals surface area (Å²) in [6, 6.07) is 4.83. The summed E-state index contributed by atoms with van der Waals surface area (Å²) >= 11 is 0. The zero-order valence-corrected chi connectivity index (χ0v) is 10.2. The first-order chi connectivity index (χ1) is 8.56. The smallest absolute Gasteiger partial charge is 0.336 e. The summed E-state index contributed by atoms with van der Waals surface area (Å²) < 4.78 is 0. The predicted molar refractivity (Wildman–Crippen MR) is 67.9 cm³/mol. The van der Waals surface area contributed by atoms with Crippen LogP contribution in [0, 0.1) is 6.92 Å². The van der Waals surface area contributed by atoms with E-state index in [0.29, 0.717) is 11.3 Å². The molecule has 0 radical (unpaired) electrons. The van der Waals surface area contributed by atoms with E-state index in [0.717, 1.165) is 19.3 Å². The fourth-order valence-electron chi connectivity index (χ4n) is 1.84. The van der Waals surface area contributed by atoms with Crippen LogP contribution in [0.4, 0.5) is 10.5 Å². The lowest BCUT2D eigenvalue weighted by atomic mass is 9.93. The molecular weight excluding hydrogens is 232 g/mol. The number of carboxylic acid groups (broad SMARTS) is 1. The molecule has 0 heterocycles. The second-order valence-electron chi connectivity index (χ2n) is 4.56. The Bertz CT molecular complexity index is 481. The molecule has 96 valence electrons. The Morgan fingerprint density at radius 1 is 1.33 bits per heavy atom. The van der Waals surface area contributed by atoms with Crippen LogP contribution in [0.3, 0.4) is 0 Å². The quantitative estimate of drug-likeness (QED) is 0.768. The highest BCUT2D eigenvalue weighted by Gasteiger charge is 2.19. The van der Waals surface area contributed by atoms with Crippen molar-refractivity contribution in [1.82, 2.24) is 5.32 Å². The van der Waals surface area contributed by atoms with Crippen LogP contribution < -0.4 is 10.6 Å². The Kier molecular flexibility index (Phi) is 3.50. The molecule has 1 aromatic rings. The van der Waals surface area contributed by atoms with Crippen molar-refractivity contribution in [2.75, 3.05) is 5.32 Å². The van der Waals surface area contributed by atoms with Gasteiger partial charge in [0.1, 0.15) is 0 Å². The lowest BCUT2D eigenvalue weighted by Gasteiger charge is -2.26. The molecule has 18 heavy (non-hydrogen) atoms. The Hall–Kier alpha value is -2.04. The number of benzene rings is 1. The molecule has 2 amide bonds. The molecule has 1 fully saturated rings. The van der Waals surface area contributed by atoms with Gasteiger partial charge in [0.2, 0.25) is 0 Å². The summed E-state index contributed by atoms with van der Waals surface area (Å²) in [4.78, 5) is 22.6. The van der Waals surface area contributed by atoms with Crippen molar-refractivity contribution in [2.24, 2.45) is 0 Å². The second-order valence-corrected chi connectivity index (χ2v) is 4.56. The second kappa shape index (κ2) is 5.08. The average molecular weight is 248 g/mol. The minimum Gasteiger partial charge on any atom is -0.478 e. The van der Waals surface area contributed by atoms with E-state index in [1.165, 1.54) is 6.07 Å². The standard InChI is InChI=1S/C13H16N2O3/c1-8-5-6-10(7-11(8)12(16)17)15-13(18)14-9-3-2-4-9/h5-7,9H,2-4H2,1H3,(H,16,17)(H2,14,15,18). The van der Waals surface area contributed by atoms with Gasteiger partial charge in [0.25, 0.3) is 0 Å². The third-order valence-electron chi connectivity index (χ3n) is 3.17. The van der Waals surface area contributed by atoms with Gasteiger partial charge in [-0.3, -0.25) is 0 Å². The van der Waals surface area contributed by atoms with Crippen LogP contribution in [0.25, 0.3) is 0 Å². The zero-order chi connectivity index (χ0) is 13.1. The van der Waals surface area contributed by atoms with E-state index >= 15 is 0 Å². The summed E-state index contributed by atoms with van der Waals surface area (Å²) in [5.74, 6) is -0.990. The molecule has 1 aliphatic carbocycles. The Morgan fingerprint density at radius 2 is 2.06 bits per heavy atom. The van der Waals surface area contributed by atoms with E-state index in [1.807, 2.05) is 0 Å². The van der Waals surface area contributed by atoms with Gasteiger partial charge < -0.3 is 15.7 Å². The van der Waals surface area contributed by atoms with E-state index in [9.17, 15) is 9.59 Å². The molecule has 0 atom stereocenters. The maximum atomic E-state index is 11.6. The van der Waals surface area contributed by atoms with E-state index in [1.54, 1.807) is 19.1 Å². The zero-order valence-electron chi connectivity index (χ0n) is 10.2. The highest BCUT2D eigenvalue weighted by atomic mass is 16.4. The number of carboxylic acids is 1. The molecule has 0 aromatic heterocycles. The maximum Gasteiger partial charge on any atom is 0.336 e. The molecule has 1 saturated carbocycles. The number of amides is 2. The first-order valence-electron chi connectivity index (χ1n) is 5.98. The number of aryl methyl sites for hydroxylation is 1. The van der Waals surface area contributed by atoms with Crippen molar-refractivity contribution >= 4 is 17.7 Å². The van der Waals surface area contributed by atoms with Crippen LogP contribution in [0.5, 0.6) is 0 Å². The van der Waals surface area contributed by atoms with Crippen molar-refractivity contribution in [3.05, 3.63) is 29.3 Å². The van der Waals surface area contributed by atoms with Gasteiger partial charge in [0, 0.05) is 11.7 Å². The third-order valence-corrected chi connectivity index (χ3v) is 3.17. The van der Waals surface area contributed by atoms with Gasteiger partial charge in [-0.05, 0) is 43.9 Å². The van der Waals surface area contributed by atoms with Gasteiger partial charge in [0.05, 0.1) is 5.56 Å². The summed E-state index contributed by atoms with van der Waals surface area (Å²) in [6.45, 7) is 1.72. The Balaban J connectivity index is 2.02. The minimum atomic E-state index is -0.990. The van der Waals surface area contributed by atoms with Crippen LogP contribution in [0.2, 0.25) is 0 Å². The first kappa shape index (κ1) is 12.4. The number of nitrogens with one attached hydrogen (secondary N) is 2. The predicted octanol–water partition coefficient (Wildman–Crippen LogP) is 2.37. The molecular formula is C13H16N2O3. The highest BCUT2D eigenvalue weighted by Crippen LogP contribution is 2.19. The molecule has 5 nitrogen and oxygen atoms in total. The van der Waals surface area contributed by atoms with Crippen LogP contribution in [0.15, 0.2) is 18.2 Å². The SMILES string of the molecule is Cc1ccc(NC(=O)NC2CCC2)cc1C(=O)O. The third kappa shape index (κ3) is 2.80. The van der Waals surface area contributed by atoms with Gasteiger partial charge in [-0.25, -0.2) is 9.59 Å². The van der Waals surface area contributed by atoms with Crippen LogP contribution >= 0.6 is 0 Å². The number of carbonyl (C=O) groups is 2. The fourth-order valence-corrected chi connectivity index (χ4v) is 1.84. The average Bonchev–Trinajstić information content (AvgIpc) is 2.26. The molecule has 0 spiro atoms. The fraction of sp³-hybridized carbons (Fsp3) is 0.385. The summed E-state index contributed by atoms with van der Waals surface area (Å²) in [6.07, 6.45) is 3.18. The highest BCUT2D eigenvalue weighted by molar-refractivity contribution is 5.94. The molecule has 5 heteroatoms. The molecule has 1 aromatic carbocycles. The van der Waals surface area contributed by atoms with Crippen molar-refractivity contribution in [2.45, 2.75) is 32.2 Å². The maximum absolute atomic E-state index is 11.6. The molecule has 0 aliphatic heterocycles. The van der Waals surface area contributed by atoms with Gasteiger partial charge in [-0.2, -0.15) is 0 Å². The Labute approximate surface area is 105 Å². The number of hydrogen-bond donors (Lipinski definition) is 3. The number of aromatic carboxylic acids is 1. The Morgan fingerprint density at radius 3 is 2.61 bits per heavy atom. The van der Waals surface area contributed by atoms with Crippen molar-refractivity contribution in [1.29, 1.82) is 0 Å². The molecule has 0 bridgehead atoms. The largest absolute Gasteiger partial charge is 0.478 e. The molecule has 0 saturated heterocycles. The van der Waals surface area contributed by atoms with Gasteiger partial charge in [-0.15, -0.1) is 0 Å². The summed E-state index contributed by atoms with van der Waals surface area (Å²) in [7, 11) is 0. The summed E-state index contributed by atoms with van der Waals surface area (Å²) in [5.41, 5.74) is 1.37. The normalized spacial score (nSPS) is 14.7. The lowest BCUT2D eigenvalue weighted by molar-refractivity contribution is 0.0696. The van der Waals surface area contributed by atoms with Crippen molar-refractivity contribution in [3.8, 4) is 0 Å². The van der Waals surface area contributed by atoms with Crippen molar-refractivity contribution in [3.63, 3.8) is 0 Å². The van der Waals surface area contributed by atoms with E-state index in [2.05, 4.69) is 10.6 Å². The minimum absolute atomic E-state index is 0.205.